The Bertz CT molecular complexity index is 356. The molecule has 0 unspecified atom stereocenters. The number of benzene rings is 1. The van der Waals surface area contributed by atoms with E-state index in [4.69, 9.17) is 4.74 Å². The highest BCUT2D eigenvalue weighted by molar-refractivity contribution is 5.96. The molecule has 1 aromatic rings. The lowest BCUT2D eigenvalue weighted by Crippen LogP contribution is -2.03. The van der Waals surface area contributed by atoms with Crippen molar-refractivity contribution in [2.45, 2.75) is 33.6 Å². The van der Waals surface area contributed by atoms with Crippen molar-refractivity contribution >= 4 is 5.78 Å². The molecule has 0 fully saturated rings. The Morgan fingerprint density at radius 2 is 2.00 bits per heavy atom. The van der Waals surface area contributed by atoms with Crippen LogP contribution in [0.4, 0.5) is 0 Å². The molecule has 0 spiro atoms. The second-order valence-electron chi connectivity index (χ2n) is 4.02. The predicted octanol–water partition coefficient (Wildman–Crippen LogP) is 3.30. The van der Waals surface area contributed by atoms with Crippen LogP contribution < -0.4 is 0 Å². The molecule has 0 bridgehead atoms. The van der Waals surface area contributed by atoms with Crippen LogP contribution in [0.3, 0.4) is 0 Å². The molecule has 0 saturated heterocycles. The van der Waals surface area contributed by atoms with Crippen molar-refractivity contribution in [3.8, 4) is 0 Å². The number of hydrogen-bond donors (Lipinski definition) is 0. The summed E-state index contributed by atoms with van der Waals surface area (Å²) in [6, 6.07) is 5.88. The van der Waals surface area contributed by atoms with Gasteiger partial charge in [-0.3, -0.25) is 4.79 Å². The van der Waals surface area contributed by atoms with Gasteiger partial charge in [0.2, 0.25) is 0 Å². The molecular weight excluding hydrogens is 200 g/mol. The number of ketones is 1. The molecular formula is C14H20O2. The maximum atomic E-state index is 11.8. The van der Waals surface area contributed by atoms with Crippen molar-refractivity contribution in [1.82, 2.24) is 0 Å². The van der Waals surface area contributed by atoms with Gasteiger partial charge in [-0.2, -0.15) is 0 Å². The molecule has 0 amide bonds. The Morgan fingerprint density at radius 3 is 2.62 bits per heavy atom. The molecule has 0 N–H and O–H groups in total. The molecule has 2 nitrogen and oxygen atoms in total. The van der Waals surface area contributed by atoms with Gasteiger partial charge in [-0.1, -0.05) is 12.1 Å². The standard InChI is InChI=1S/C14H20O2/c1-4-16-9-5-6-14(15)13-8-7-11(2)12(3)10-13/h7-8,10H,4-6,9H2,1-3H3. The van der Waals surface area contributed by atoms with Gasteiger partial charge in [-0.25, -0.2) is 0 Å². The van der Waals surface area contributed by atoms with E-state index in [1.165, 1.54) is 11.1 Å². The number of aryl methyl sites for hydroxylation is 2. The van der Waals surface area contributed by atoms with Crippen LogP contribution in [-0.2, 0) is 4.74 Å². The van der Waals surface area contributed by atoms with Crippen LogP contribution in [0.2, 0.25) is 0 Å². The highest BCUT2D eigenvalue weighted by atomic mass is 16.5. The van der Waals surface area contributed by atoms with Crippen molar-refractivity contribution in [1.29, 1.82) is 0 Å². The Hall–Kier alpha value is -1.15. The highest BCUT2D eigenvalue weighted by Gasteiger charge is 2.06. The van der Waals surface area contributed by atoms with Crippen LogP contribution >= 0.6 is 0 Å². The van der Waals surface area contributed by atoms with Gasteiger partial charge in [-0.05, 0) is 44.4 Å². The molecule has 1 rings (SSSR count). The van der Waals surface area contributed by atoms with Crippen LogP contribution in [0.1, 0.15) is 41.3 Å². The molecule has 2 heteroatoms. The summed E-state index contributed by atoms with van der Waals surface area (Å²) in [5, 5.41) is 0. The Kier molecular flexibility index (Phi) is 5.20. The number of Topliss-reactive ketones (excluding diaryl/α,β-unsaturated/α-hetero) is 1. The van der Waals surface area contributed by atoms with Gasteiger partial charge in [0.25, 0.3) is 0 Å². The fourth-order valence-electron chi connectivity index (χ4n) is 1.54. The summed E-state index contributed by atoms with van der Waals surface area (Å²) in [5.74, 6) is 0.211. The zero-order valence-corrected chi connectivity index (χ0v) is 10.4. The zero-order valence-electron chi connectivity index (χ0n) is 10.4. The molecule has 0 aliphatic carbocycles. The first-order chi connectivity index (χ1) is 7.65. The van der Waals surface area contributed by atoms with Crippen LogP contribution in [0, 0.1) is 13.8 Å². The summed E-state index contributed by atoms with van der Waals surface area (Å²) in [4.78, 5) is 11.8. The van der Waals surface area contributed by atoms with E-state index in [0.29, 0.717) is 13.0 Å². The van der Waals surface area contributed by atoms with Crippen LogP contribution in [-0.4, -0.2) is 19.0 Å². The maximum Gasteiger partial charge on any atom is 0.162 e. The SMILES string of the molecule is CCOCCCC(=O)c1ccc(C)c(C)c1. The van der Waals surface area contributed by atoms with E-state index in [2.05, 4.69) is 6.92 Å². The van der Waals surface area contributed by atoms with Crippen LogP contribution in [0.15, 0.2) is 18.2 Å². The first-order valence-electron chi connectivity index (χ1n) is 5.83. The summed E-state index contributed by atoms with van der Waals surface area (Å²) >= 11 is 0. The average Bonchev–Trinajstić information content (AvgIpc) is 2.28. The summed E-state index contributed by atoms with van der Waals surface area (Å²) in [6.07, 6.45) is 1.38. The van der Waals surface area contributed by atoms with Gasteiger partial charge in [0.1, 0.15) is 0 Å². The summed E-state index contributed by atoms with van der Waals surface area (Å²) < 4.78 is 5.21. The first kappa shape index (κ1) is 12.9. The monoisotopic (exact) mass is 220 g/mol. The molecule has 0 atom stereocenters. The number of rotatable bonds is 6. The Balaban J connectivity index is 2.50. The normalized spacial score (nSPS) is 10.4. The quantitative estimate of drug-likeness (QED) is 0.543. The van der Waals surface area contributed by atoms with Gasteiger partial charge in [0.15, 0.2) is 5.78 Å². The fraction of sp³-hybridized carbons (Fsp3) is 0.500. The van der Waals surface area contributed by atoms with E-state index in [1.54, 1.807) is 0 Å². The van der Waals surface area contributed by atoms with E-state index < -0.39 is 0 Å². The fourth-order valence-corrected chi connectivity index (χ4v) is 1.54. The summed E-state index contributed by atoms with van der Waals surface area (Å²) in [7, 11) is 0. The van der Waals surface area contributed by atoms with Gasteiger partial charge >= 0.3 is 0 Å². The minimum Gasteiger partial charge on any atom is -0.382 e. The summed E-state index contributed by atoms with van der Waals surface area (Å²) in [6.45, 7) is 7.45. The number of carbonyl (C=O) groups excluding carboxylic acids is 1. The van der Waals surface area contributed by atoms with Crippen molar-refractivity contribution in [2.24, 2.45) is 0 Å². The number of hydrogen-bond acceptors (Lipinski definition) is 2. The lowest BCUT2D eigenvalue weighted by Gasteiger charge is -2.04. The average molecular weight is 220 g/mol. The van der Waals surface area contributed by atoms with Gasteiger partial charge in [0.05, 0.1) is 0 Å². The summed E-state index contributed by atoms with van der Waals surface area (Å²) in [5.41, 5.74) is 3.22. The zero-order chi connectivity index (χ0) is 12.0. The largest absolute Gasteiger partial charge is 0.382 e. The van der Waals surface area contributed by atoms with E-state index in [-0.39, 0.29) is 5.78 Å². The van der Waals surface area contributed by atoms with Crippen LogP contribution in [0.5, 0.6) is 0 Å². The molecule has 0 heterocycles. The second-order valence-corrected chi connectivity index (χ2v) is 4.02. The first-order valence-corrected chi connectivity index (χ1v) is 5.83. The highest BCUT2D eigenvalue weighted by Crippen LogP contribution is 2.12. The minimum atomic E-state index is 0.211. The third-order valence-electron chi connectivity index (χ3n) is 2.73. The lowest BCUT2D eigenvalue weighted by atomic mass is 10.0. The smallest absolute Gasteiger partial charge is 0.162 e. The van der Waals surface area contributed by atoms with Crippen molar-refractivity contribution < 1.29 is 9.53 Å². The van der Waals surface area contributed by atoms with Gasteiger partial charge in [0, 0.05) is 25.2 Å². The third kappa shape index (κ3) is 3.78. The van der Waals surface area contributed by atoms with Crippen molar-refractivity contribution in [3.63, 3.8) is 0 Å². The third-order valence-corrected chi connectivity index (χ3v) is 2.73. The van der Waals surface area contributed by atoms with Crippen molar-refractivity contribution in [2.75, 3.05) is 13.2 Å². The molecule has 16 heavy (non-hydrogen) atoms. The molecule has 0 aliphatic rings. The van der Waals surface area contributed by atoms with Gasteiger partial charge in [-0.15, -0.1) is 0 Å². The second kappa shape index (κ2) is 6.44. The van der Waals surface area contributed by atoms with Crippen LogP contribution in [0.25, 0.3) is 0 Å². The van der Waals surface area contributed by atoms with E-state index in [0.717, 1.165) is 18.6 Å². The Labute approximate surface area is 97.6 Å². The topological polar surface area (TPSA) is 26.3 Å². The molecule has 0 aliphatic heterocycles. The van der Waals surface area contributed by atoms with E-state index in [9.17, 15) is 4.79 Å². The Morgan fingerprint density at radius 1 is 1.25 bits per heavy atom. The van der Waals surface area contributed by atoms with E-state index in [1.807, 2.05) is 32.0 Å². The molecule has 0 saturated carbocycles. The van der Waals surface area contributed by atoms with Gasteiger partial charge < -0.3 is 4.74 Å². The molecule has 0 aromatic heterocycles. The molecule has 0 radical (unpaired) electrons. The van der Waals surface area contributed by atoms with E-state index >= 15 is 0 Å². The molecule has 1 aromatic carbocycles. The number of carbonyl (C=O) groups is 1. The lowest BCUT2D eigenvalue weighted by molar-refractivity contribution is 0.0947. The maximum absolute atomic E-state index is 11.8. The van der Waals surface area contributed by atoms with Crippen molar-refractivity contribution in [3.05, 3.63) is 34.9 Å². The molecule has 88 valence electrons. The minimum absolute atomic E-state index is 0.211. The number of ether oxygens (including phenoxy) is 1. The predicted molar refractivity (Wildman–Crippen MR) is 66.0 cm³/mol.